The van der Waals surface area contributed by atoms with Crippen LogP contribution in [0.4, 0.5) is 0 Å². The third-order valence-electron chi connectivity index (χ3n) is 3.68. The number of unbranched alkanes of at least 4 members (excludes halogenated alkanes) is 1. The van der Waals surface area contributed by atoms with E-state index in [9.17, 15) is 0 Å². The van der Waals surface area contributed by atoms with Crippen molar-refractivity contribution in [1.82, 2.24) is 5.32 Å². The summed E-state index contributed by atoms with van der Waals surface area (Å²) in [5, 5.41) is 3.40. The largest absolute Gasteiger partial charge is 0.377 e. The lowest BCUT2D eigenvalue weighted by atomic mass is 9.82. The molecule has 2 nitrogen and oxygen atoms in total. The third-order valence-corrected chi connectivity index (χ3v) is 3.68. The van der Waals surface area contributed by atoms with Crippen LogP contribution in [0.5, 0.6) is 0 Å². The second-order valence-corrected chi connectivity index (χ2v) is 4.75. The van der Waals surface area contributed by atoms with Crippen LogP contribution in [-0.4, -0.2) is 25.8 Å². The molecule has 1 saturated carbocycles. The molecule has 0 aromatic carbocycles. The van der Waals surface area contributed by atoms with Crippen molar-refractivity contribution in [2.45, 2.75) is 64.5 Å². The topological polar surface area (TPSA) is 21.3 Å². The van der Waals surface area contributed by atoms with E-state index in [-0.39, 0.29) is 0 Å². The molecule has 1 rings (SSSR count). The lowest BCUT2D eigenvalue weighted by molar-refractivity contribution is -0.00967. The molecule has 0 heterocycles. The van der Waals surface area contributed by atoms with Gasteiger partial charge in [0.1, 0.15) is 0 Å². The summed E-state index contributed by atoms with van der Waals surface area (Å²) in [4.78, 5) is 0. The summed E-state index contributed by atoms with van der Waals surface area (Å²) in [6.45, 7) is 5.46. The van der Waals surface area contributed by atoms with E-state index in [1.807, 2.05) is 0 Å². The van der Waals surface area contributed by atoms with E-state index >= 15 is 0 Å². The Bertz CT molecular complexity index is 161. The molecule has 1 aliphatic rings. The maximum absolute atomic E-state index is 6.00. The van der Waals surface area contributed by atoms with Gasteiger partial charge in [0.2, 0.25) is 0 Å². The van der Waals surface area contributed by atoms with Crippen molar-refractivity contribution in [3.8, 4) is 0 Å². The summed E-state index contributed by atoms with van der Waals surface area (Å²) >= 11 is 0. The summed E-state index contributed by atoms with van der Waals surface area (Å²) in [7, 11) is 2.06. The second kappa shape index (κ2) is 7.24. The first-order valence-electron chi connectivity index (χ1n) is 6.60. The van der Waals surface area contributed by atoms with Crippen molar-refractivity contribution in [2.24, 2.45) is 5.92 Å². The molecule has 0 aromatic heterocycles. The SMILES string of the molecule is CCCCOC1CC(CC)CCC1NC. The van der Waals surface area contributed by atoms with Crippen LogP contribution < -0.4 is 5.32 Å². The molecule has 0 bridgehead atoms. The normalized spacial score (nSPS) is 31.8. The molecule has 0 aromatic rings. The van der Waals surface area contributed by atoms with Crippen LogP contribution in [0.3, 0.4) is 0 Å². The molecular formula is C13H27NO. The smallest absolute Gasteiger partial charge is 0.0730 e. The van der Waals surface area contributed by atoms with Gasteiger partial charge in [-0.2, -0.15) is 0 Å². The van der Waals surface area contributed by atoms with E-state index in [1.165, 1.54) is 38.5 Å². The Balaban J connectivity index is 2.33. The summed E-state index contributed by atoms with van der Waals surface area (Å²) in [6, 6.07) is 0.588. The monoisotopic (exact) mass is 213 g/mol. The van der Waals surface area contributed by atoms with Gasteiger partial charge in [-0.05, 0) is 38.6 Å². The van der Waals surface area contributed by atoms with Crippen molar-refractivity contribution >= 4 is 0 Å². The van der Waals surface area contributed by atoms with Crippen LogP contribution in [0.25, 0.3) is 0 Å². The molecule has 0 aliphatic heterocycles. The Morgan fingerprint density at radius 3 is 2.67 bits per heavy atom. The lowest BCUT2D eigenvalue weighted by Crippen LogP contribution is -2.44. The quantitative estimate of drug-likeness (QED) is 0.685. The molecule has 1 N–H and O–H groups in total. The molecule has 0 amide bonds. The van der Waals surface area contributed by atoms with Gasteiger partial charge in [-0.25, -0.2) is 0 Å². The number of hydrogen-bond acceptors (Lipinski definition) is 2. The fourth-order valence-electron chi connectivity index (χ4n) is 2.48. The Morgan fingerprint density at radius 1 is 1.27 bits per heavy atom. The van der Waals surface area contributed by atoms with Gasteiger partial charge in [0.05, 0.1) is 6.10 Å². The summed E-state index contributed by atoms with van der Waals surface area (Å²) in [5.74, 6) is 0.890. The fourth-order valence-corrected chi connectivity index (χ4v) is 2.48. The van der Waals surface area contributed by atoms with Crippen molar-refractivity contribution in [3.63, 3.8) is 0 Å². The van der Waals surface area contributed by atoms with Gasteiger partial charge in [0.15, 0.2) is 0 Å². The van der Waals surface area contributed by atoms with E-state index in [2.05, 4.69) is 26.2 Å². The van der Waals surface area contributed by atoms with E-state index in [1.54, 1.807) is 0 Å². The van der Waals surface area contributed by atoms with Crippen LogP contribution in [-0.2, 0) is 4.74 Å². The molecule has 90 valence electrons. The molecule has 3 atom stereocenters. The number of likely N-dealkylation sites (N-methyl/N-ethyl adjacent to an activating group) is 1. The molecule has 0 spiro atoms. The first kappa shape index (κ1) is 13.0. The molecule has 1 fully saturated rings. The van der Waals surface area contributed by atoms with Gasteiger partial charge in [-0.15, -0.1) is 0 Å². The zero-order valence-corrected chi connectivity index (χ0v) is 10.6. The minimum atomic E-state index is 0.459. The molecule has 15 heavy (non-hydrogen) atoms. The van der Waals surface area contributed by atoms with Crippen LogP contribution in [0.15, 0.2) is 0 Å². The first-order chi connectivity index (χ1) is 7.31. The van der Waals surface area contributed by atoms with Gasteiger partial charge in [0.25, 0.3) is 0 Å². The zero-order valence-electron chi connectivity index (χ0n) is 10.6. The van der Waals surface area contributed by atoms with Crippen LogP contribution >= 0.6 is 0 Å². The molecule has 0 radical (unpaired) electrons. The average molecular weight is 213 g/mol. The van der Waals surface area contributed by atoms with Crippen LogP contribution in [0, 0.1) is 5.92 Å². The van der Waals surface area contributed by atoms with Gasteiger partial charge >= 0.3 is 0 Å². The Labute approximate surface area is 94.8 Å². The predicted octanol–water partition coefficient (Wildman–Crippen LogP) is 2.97. The maximum atomic E-state index is 6.00. The minimum absolute atomic E-state index is 0.459. The van der Waals surface area contributed by atoms with Gasteiger partial charge in [0, 0.05) is 12.6 Å². The number of ether oxygens (including phenoxy) is 1. The fraction of sp³-hybridized carbons (Fsp3) is 1.00. The molecular weight excluding hydrogens is 186 g/mol. The van der Waals surface area contributed by atoms with Gasteiger partial charge < -0.3 is 10.1 Å². The van der Waals surface area contributed by atoms with E-state index in [0.717, 1.165) is 12.5 Å². The van der Waals surface area contributed by atoms with Crippen molar-refractivity contribution in [2.75, 3.05) is 13.7 Å². The molecule has 3 unspecified atom stereocenters. The number of nitrogens with one attached hydrogen (secondary N) is 1. The standard InChI is InChI=1S/C13H27NO/c1-4-6-9-15-13-10-11(5-2)7-8-12(13)14-3/h11-14H,4-10H2,1-3H3. The average Bonchev–Trinajstić information content (AvgIpc) is 2.29. The second-order valence-electron chi connectivity index (χ2n) is 4.75. The van der Waals surface area contributed by atoms with E-state index in [4.69, 9.17) is 4.74 Å². The maximum Gasteiger partial charge on any atom is 0.0730 e. The molecule has 0 saturated heterocycles. The third kappa shape index (κ3) is 4.12. The number of rotatable bonds is 6. The number of hydrogen-bond donors (Lipinski definition) is 1. The Hall–Kier alpha value is -0.0800. The summed E-state index contributed by atoms with van der Waals surface area (Å²) < 4.78 is 6.00. The highest BCUT2D eigenvalue weighted by atomic mass is 16.5. The van der Waals surface area contributed by atoms with E-state index in [0.29, 0.717) is 12.1 Å². The summed E-state index contributed by atoms with van der Waals surface area (Å²) in [6.07, 6.45) is 8.11. The molecule has 2 heteroatoms. The predicted molar refractivity (Wildman–Crippen MR) is 65.1 cm³/mol. The Morgan fingerprint density at radius 2 is 2.07 bits per heavy atom. The van der Waals surface area contributed by atoms with Crippen molar-refractivity contribution < 1.29 is 4.74 Å². The van der Waals surface area contributed by atoms with E-state index < -0.39 is 0 Å². The molecule has 1 aliphatic carbocycles. The van der Waals surface area contributed by atoms with Crippen LogP contribution in [0.2, 0.25) is 0 Å². The summed E-state index contributed by atoms with van der Waals surface area (Å²) in [5.41, 5.74) is 0. The van der Waals surface area contributed by atoms with Crippen molar-refractivity contribution in [1.29, 1.82) is 0 Å². The zero-order chi connectivity index (χ0) is 11.1. The first-order valence-corrected chi connectivity index (χ1v) is 6.60. The lowest BCUT2D eigenvalue weighted by Gasteiger charge is -2.35. The highest BCUT2D eigenvalue weighted by Gasteiger charge is 2.29. The van der Waals surface area contributed by atoms with Crippen LogP contribution in [0.1, 0.15) is 52.4 Å². The minimum Gasteiger partial charge on any atom is -0.377 e. The van der Waals surface area contributed by atoms with Crippen molar-refractivity contribution in [3.05, 3.63) is 0 Å². The van der Waals surface area contributed by atoms with Gasteiger partial charge in [-0.3, -0.25) is 0 Å². The van der Waals surface area contributed by atoms with Gasteiger partial charge in [-0.1, -0.05) is 26.7 Å². The highest BCUT2D eigenvalue weighted by Crippen LogP contribution is 2.28. The highest BCUT2D eigenvalue weighted by molar-refractivity contribution is 4.84. The Kier molecular flexibility index (Phi) is 6.26.